The van der Waals surface area contributed by atoms with Crippen LogP contribution < -0.4 is 0 Å². The Kier molecular flexibility index (Phi) is 3.67. The van der Waals surface area contributed by atoms with Gasteiger partial charge in [-0.05, 0) is 12.5 Å². The number of benzene rings is 1. The van der Waals surface area contributed by atoms with Gasteiger partial charge in [-0.15, -0.1) is 0 Å². The zero-order valence-corrected chi connectivity index (χ0v) is 9.67. The predicted molar refractivity (Wildman–Crippen MR) is 63.6 cm³/mol. The smallest absolute Gasteiger partial charge is 0.185 e. The monoisotopic (exact) mass is 230 g/mol. The summed E-state index contributed by atoms with van der Waals surface area (Å²) in [5, 5.41) is 0. The third-order valence-corrected chi connectivity index (χ3v) is 2.38. The summed E-state index contributed by atoms with van der Waals surface area (Å²) < 4.78 is 7.23. The number of nitrogens with zero attached hydrogens (tertiary/aromatic N) is 2. The number of hydrogen-bond donors (Lipinski definition) is 0. The van der Waals surface area contributed by atoms with Gasteiger partial charge >= 0.3 is 0 Å². The molecule has 0 saturated carbocycles. The number of carbonyl (C=O) groups excluding carboxylic acids is 1. The van der Waals surface area contributed by atoms with Gasteiger partial charge in [-0.2, -0.15) is 0 Å². The summed E-state index contributed by atoms with van der Waals surface area (Å²) in [5.74, 6) is 0.399. The second-order valence-corrected chi connectivity index (χ2v) is 3.79. The van der Waals surface area contributed by atoms with Crippen molar-refractivity contribution in [3.05, 3.63) is 53.6 Å². The van der Waals surface area contributed by atoms with E-state index in [9.17, 15) is 4.79 Å². The fourth-order valence-corrected chi connectivity index (χ4v) is 1.60. The Labute approximate surface area is 99.9 Å². The van der Waals surface area contributed by atoms with Gasteiger partial charge in [0.05, 0.1) is 12.3 Å². The number of aryl methyl sites for hydroxylation is 1. The van der Waals surface area contributed by atoms with Gasteiger partial charge in [0.15, 0.2) is 12.1 Å². The van der Waals surface area contributed by atoms with Gasteiger partial charge in [0, 0.05) is 6.20 Å². The molecule has 17 heavy (non-hydrogen) atoms. The molecule has 2 rings (SSSR count). The van der Waals surface area contributed by atoms with Crippen LogP contribution in [0.4, 0.5) is 0 Å². The van der Waals surface area contributed by atoms with E-state index in [1.807, 2.05) is 37.3 Å². The van der Waals surface area contributed by atoms with Gasteiger partial charge < -0.3 is 9.30 Å². The molecule has 4 heteroatoms. The molecular weight excluding hydrogens is 216 g/mol. The molecule has 0 amide bonds. The highest BCUT2D eigenvalue weighted by Gasteiger charge is 2.03. The second-order valence-electron chi connectivity index (χ2n) is 3.79. The topological polar surface area (TPSA) is 44.1 Å². The second kappa shape index (κ2) is 5.41. The van der Waals surface area contributed by atoms with Gasteiger partial charge in [0.2, 0.25) is 0 Å². The predicted octanol–water partition coefficient (Wildman–Crippen LogP) is 2.18. The molecule has 88 valence electrons. The largest absolute Gasteiger partial charge is 0.356 e. The lowest BCUT2D eigenvalue weighted by molar-refractivity contribution is 0.0618. The Bertz CT molecular complexity index is 491. The quantitative estimate of drug-likeness (QED) is 0.739. The molecule has 0 spiro atoms. The van der Waals surface area contributed by atoms with E-state index < -0.39 is 0 Å². The van der Waals surface area contributed by atoms with Gasteiger partial charge in [-0.3, -0.25) is 4.79 Å². The maximum atomic E-state index is 10.7. The number of aromatic nitrogens is 2. The summed E-state index contributed by atoms with van der Waals surface area (Å²) in [7, 11) is 0. The highest BCUT2D eigenvalue weighted by Crippen LogP contribution is 2.04. The van der Waals surface area contributed by atoms with Crippen molar-refractivity contribution in [2.75, 3.05) is 0 Å². The zero-order valence-electron chi connectivity index (χ0n) is 9.67. The summed E-state index contributed by atoms with van der Waals surface area (Å²) >= 11 is 0. The first-order chi connectivity index (χ1) is 8.29. The van der Waals surface area contributed by atoms with Crippen molar-refractivity contribution >= 4 is 6.29 Å². The minimum absolute atomic E-state index is 0.337. The molecule has 0 unspecified atom stereocenters. The van der Waals surface area contributed by atoms with Crippen LogP contribution in [0.2, 0.25) is 0 Å². The van der Waals surface area contributed by atoms with Crippen LogP contribution in [0.5, 0.6) is 0 Å². The third-order valence-electron chi connectivity index (χ3n) is 2.38. The molecule has 0 N–H and O–H groups in total. The molecule has 1 heterocycles. The van der Waals surface area contributed by atoms with E-state index >= 15 is 0 Å². The van der Waals surface area contributed by atoms with Crippen LogP contribution in [0.15, 0.2) is 36.5 Å². The molecule has 0 aliphatic carbocycles. The minimum atomic E-state index is 0.337. The number of imidazole rings is 1. The molecule has 0 atom stereocenters. The zero-order chi connectivity index (χ0) is 12.1. The maximum Gasteiger partial charge on any atom is 0.185 e. The molecule has 4 nitrogen and oxygen atoms in total. The first kappa shape index (κ1) is 11.5. The van der Waals surface area contributed by atoms with E-state index in [4.69, 9.17) is 4.74 Å². The number of rotatable bonds is 5. The minimum Gasteiger partial charge on any atom is -0.356 e. The summed E-state index contributed by atoms with van der Waals surface area (Å²) in [6, 6.07) is 9.90. The van der Waals surface area contributed by atoms with Gasteiger partial charge in [0.1, 0.15) is 6.73 Å². The van der Waals surface area contributed by atoms with Crippen LogP contribution in [0.25, 0.3) is 0 Å². The van der Waals surface area contributed by atoms with Crippen LogP contribution in [0.1, 0.15) is 21.9 Å². The van der Waals surface area contributed by atoms with Crippen LogP contribution in [0, 0.1) is 6.92 Å². The van der Waals surface area contributed by atoms with E-state index in [2.05, 4.69) is 4.98 Å². The lowest BCUT2D eigenvalue weighted by Crippen LogP contribution is -2.05. The fourth-order valence-electron chi connectivity index (χ4n) is 1.60. The summed E-state index contributed by atoms with van der Waals surface area (Å²) in [6.45, 7) is 2.71. The number of carbonyl (C=O) groups is 1. The number of hydrogen-bond acceptors (Lipinski definition) is 3. The Balaban J connectivity index is 1.92. The van der Waals surface area contributed by atoms with E-state index in [0.29, 0.717) is 19.2 Å². The number of ether oxygens (including phenoxy) is 1. The fraction of sp³-hybridized carbons (Fsp3) is 0.231. The highest BCUT2D eigenvalue weighted by molar-refractivity contribution is 5.69. The van der Waals surface area contributed by atoms with Gasteiger partial charge in [-0.1, -0.05) is 30.3 Å². The molecule has 0 aliphatic heterocycles. The lowest BCUT2D eigenvalue weighted by atomic mass is 10.2. The Morgan fingerprint density at radius 2 is 2.12 bits per heavy atom. The Morgan fingerprint density at radius 1 is 1.35 bits per heavy atom. The Morgan fingerprint density at radius 3 is 2.82 bits per heavy atom. The first-order valence-electron chi connectivity index (χ1n) is 5.40. The van der Waals surface area contributed by atoms with Crippen molar-refractivity contribution in [1.29, 1.82) is 0 Å². The SMILES string of the molecule is Cc1cn(COCc2ccccc2)c(C=O)n1. The van der Waals surface area contributed by atoms with E-state index in [1.165, 1.54) is 0 Å². The summed E-state index contributed by atoms with van der Waals surface area (Å²) in [5.41, 5.74) is 1.92. The van der Waals surface area contributed by atoms with E-state index in [1.54, 1.807) is 10.8 Å². The van der Waals surface area contributed by atoms with E-state index in [-0.39, 0.29) is 0 Å². The Hall–Kier alpha value is -1.94. The van der Waals surface area contributed by atoms with Crippen LogP contribution >= 0.6 is 0 Å². The van der Waals surface area contributed by atoms with Gasteiger partial charge in [-0.25, -0.2) is 4.98 Å². The van der Waals surface area contributed by atoms with Crippen LogP contribution in [-0.2, 0) is 18.1 Å². The molecule has 2 aromatic rings. The molecule has 1 aromatic carbocycles. The maximum absolute atomic E-state index is 10.7. The molecule has 1 aromatic heterocycles. The van der Waals surface area contributed by atoms with E-state index in [0.717, 1.165) is 17.5 Å². The molecule has 0 saturated heterocycles. The third kappa shape index (κ3) is 3.01. The molecular formula is C13H14N2O2. The highest BCUT2D eigenvalue weighted by atomic mass is 16.5. The molecule has 0 fully saturated rings. The standard InChI is InChI=1S/C13H14N2O2/c1-11-7-15(13(8-16)14-11)10-17-9-12-5-3-2-4-6-12/h2-8H,9-10H2,1H3. The van der Waals surface area contributed by atoms with Crippen molar-refractivity contribution in [3.63, 3.8) is 0 Å². The van der Waals surface area contributed by atoms with Crippen LogP contribution in [-0.4, -0.2) is 15.8 Å². The average molecular weight is 230 g/mol. The molecule has 0 bridgehead atoms. The molecule has 0 aliphatic rings. The normalized spacial score (nSPS) is 10.4. The van der Waals surface area contributed by atoms with Gasteiger partial charge in [0.25, 0.3) is 0 Å². The van der Waals surface area contributed by atoms with Crippen LogP contribution in [0.3, 0.4) is 0 Å². The lowest BCUT2D eigenvalue weighted by Gasteiger charge is -2.06. The van der Waals surface area contributed by atoms with Crippen molar-refractivity contribution in [1.82, 2.24) is 9.55 Å². The van der Waals surface area contributed by atoms with Crippen molar-refractivity contribution in [2.24, 2.45) is 0 Å². The first-order valence-corrected chi connectivity index (χ1v) is 5.40. The number of aldehydes is 1. The average Bonchev–Trinajstić information content (AvgIpc) is 2.71. The summed E-state index contributed by atoms with van der Waals surface area (Å²) in [4.78, 5) is 14.8. The van der Waals surface area contributed by atoms with Crippen molar-refractivity contribution in [3.8, 4) is 0 Å². The molecule has 0 radical (unpaired) electrons. The summed E-state index contributed by atoms with van der Waals surface area (Å²) in [6.07, 6.45) is 2.54. The van der Waals surface area contributed by atoms with Crippen molar-refractivity contribution < 1.29 is 9.53 Å². The van der Waals surface area contributed by atoms with Crippen molar-refractivity contribution in [2.45, 2.75) is 20.3 Å².